The summed E-state index contributed by atoms with van der Waals surface area (Å²) in [5.41, 5.74) is 5.84. The Labute approximate surface area is 173 Å². The summed E-state index contributed by atoms with van der Waals surface area (Å²) in [6, 6.07) is 15.3. The molecular formula is C20H20N4O4S. The van der Waals surface area contributed by atoms with Gasteiger partial charge in [-0.15, -0.1) is 0 Å². The zero-order valence-electron chi connectivity index (χ0n) is 15.4. The Bertz CT molecular complexity index is 898. The molecular weight excluding hydrogens is 392 g/mol. The second kappa shape index (κ2) is 9.65. The third-order valence-corrected chi connectivity index (χ3v) is 4.22. The largest absolute Gasteiger partial charge is 0.484 e. The Balaban J connectivity index is 1.38. The van der Waals surface area contributed by atoms with Gasteiger partial charge in [0.1, 0.15) is 5.75 Å². The van der Waals surface area contributed by atoms with Crippen molar-refractivity contribution in [3.63, 3.8) is 0 Å². The summed E-state index contributed by atoms with van der Waals surface area (Å²) in [5, 5.41) is 5.14. The molecule has 9 heteroatoms. The Hall–Kier alpha value is -3.46. The van der Waals surface area contributed by atoms with Crippen LogP contribution in [0.15, 0.2) is 54.6 Å². The summed E-state index contributed by atoms with van der Waals surface area (Å²) in [6.07, 6.45) is 1.85. The number of thiocarbonyl (C=S) groups is 1. The summed E-state index contributed by atoms with van der Waals surface area (Å²) in [5.74, 6) is -0.233. The topological polar surface area (TPSA) is 109 Å². The van der Waals surface area contributed by atoms with Crippen LogP contribution in [-0.4, -0.2) is 29.4 Å². The lowest BCUT2D eigenvalue weighted by molar-refractivity contribution is -0.121. The summed E-state index contributed by atoms with van der Waals surface area (Å²) in [7, 11) is 0. The van der Waals surface area contributed by atoms with E-state index < -0.39 is 11.8 Å². The van der Waals surface area contributed by atoms with Gasteiger partial charge in [0.2, 0.25) is 5.91 Å². The van der Waals surface area contributed by atoms with Gasteiger partial charge in [-0.1, -0.05) is 18.2 Å². The van der Waals surface area contributed by atoms with E-state index in [-0.39, 0.29) is 23.5 Å². The molecule has 1 aliphatic rings. The molecule has 3 rings (SSSR count). The average molecular weight is 412 g/mol. The molecule has 2 aromatic carbocycles. The fourth-order valence-electron chi connectivity index (χ4n) is 2.34. The van der Waals surface area contributed by atoms with Crippen LogP contribution in [0, 0.1) is 5.92 Å². The quantitative estimate of drug-likeness (QED) is 0.425. The molecule has 8 nitrogen and oxygen atoms in total. The number of benzene rings is 2. The molecule has 4 N–H and O–H groups in total. The number of carbonyl (C=O) groups excluding carboxylic acids is 3. The van der Waals surface area contributed by atoms with Gasteiger partial charge < -0.3 is 10.1 Å². The first-order valence-electron chi connectivity index (χ1n) is 9.00. The van der Waals surface area contributed by atoms with Crippen molar-refractivity contribution >= 4 is 40.7 Å². The smallest absolute Gasteiger partial charge is 0.269 e. The summed E-state index contributed by atoms with van der Waals surface area (Å²) in [4.78, 5) is 35.7. The van der Waals surface area contributed by atoms with E-state index in [1.807, 2.05) is 6.07 Å². The number of hydrogen-bond donors (Lipinski definition) is 4. The normalized spacial score (nSPS) is 12.4. The molecule has 1 saturated carbocycles. The fourth-order valence-corrected chi connectivity index (χ4v) is 2.50. The number of anilines is 1. The van der Waals surface area contributed by atoms with E-state index in [0.717, 1.165) is 12.8 Å². The average Bonchev–Trinajstić information content (AvgIpc) is 3.57. The maximum Gasteiger partial charge on any atom is 0.269 e. The monoisotopic (exact) mass is 412 g/mol. The van der Waals surface area contributed by atoms with Crippen molar-refractivity contribution in [2.24, 2.45) is 5.92 Å². The van der Waals surface area contributed by atoms with E-state index in [9.17, 15) is 14.4 Å². The first-order chi connectivity index (χ1) is 14.0. The number of carbonyl (C=O) groups is 3. The standard InChI is InChI=1S/C20H20N4O4S/c25-17(12-28-16-4-2-1-3-5-16)22-20(29)24-23-19(27)14-8-10-15(11-9-14)21-18(26)13-6-7-13/h1-5,8-11,13H,6-7,12H2,(H,21,26)(H,23,27)(H2,22,24,25,29). The van der Waals surface area contributed by atoms with Crippen molar-refractivity contribution in [2.75, 3.05) is 11.9 Å². The Morgan fingerprint density at radius 2 is 1.66 bits per heavy atom. The van der Waals surface area contributed by atoms with Crippen LogP contribution in [0.25, 0.3) is 0 Å². The minimum Gasteiger partial charge on any atom is -0.484 e. The van der Waals surface area contributed by atoms with Crippen molar-refractivity contribution in [3.8, 4) is 5.75 Å². The Morgan fingerprint density at radius 1 is 0.966 bits per heavy atom. The molecule has 1 fully saturated rings. The van der Waals surface area contributed by atoms with E-state index in [1.165, 1.54) is 0 Å². The molecule has 1 aliphatic carbocycles. The zero-order chi connectivity index (χ0) is 20.6. The highest BCUT2D eigenvalue weighted by Crippen LogP contribution is 2.30. The van der Waals surface area contributed by atoms with E-state index in [2.05, 4.69) is 21.5 Å². The number of para-hydroxylation sites is 1. The predicted molar refractivity (Wildman–Crippen MR) is 111 cm³/mol. The molecule has 0 aromatic heterocycles. The number of hydrogen-bond acceptors (Lipinski definition) is 5. The third-order valence-electron chi connectivity index (χ3n) is 4.02. The number of ether oxygens (including phenoxy) is 1. The minimum absolute atomic E-state index is 0.00111. The van der Waals surface area contributed by atoms with Crippen molar-refractivity contribution in [2.45, 2.75) is 12.8 Å². The van der Waals surface area contributed by atoms with Gasteiger partial charge >= 0.3 is 0 Å². The maximum atomic E-state index is 12.1. The Morgan fingerprint density at radius 3 is 2.31 bits per heavy atom. The van der Waals surface area contributed by atoms with Gasteiger partial charge in [0.25, 0.3) is 11.8 Å². The highest BCUT2D eigenvalue weighted by Gasteiger charge is 2.29. The lowest BCUT2D eigenvalue weighted by atomic mass is 10.2. The van der Waals surface area contributed by atoms with Crippen LogP contribution in [0.1, 0.15) is 23.2 Å². The van der Waals surface area contributed by atoms with E-state index >= 15 is 0 Å². The van der Waals surface area contributed by atoms with Gasteiger partial charge in [0, 0.05) is 17.2 Å². The van der Waals surface area contributed by atoms with Crippen LogP contribution < -0.4 is 26.2 Å². The van der Waals surface area contributed by atoms with Gasteiger partial charge in [-0.05, 0) is 61.5 Å². The highest BCUT2D eigenvalue weighted by molar-refractivity contribution is 7.80. The fraction of sp³-hybridized carbons (Fsp3) is 0.200. The molecule has 0 spiro atoms. The van der Waals surface area contributed by atoms with E-state index in [4.69, 9.17) is 17.0 Å². The van der Waals surface area contributed by atoms with Crippen LogP contribution in [-0.2, 0) is 9.59 Å². The number of rotatable bonds is 6. The molecule has 0 bridgehead atoms. The zero-order valence-corrected chi connectivity index (χ0v) is 16.3. The highest BCUT2D eigenvalue weighted by atomic mass is 32.1. The minimum atomic E-state index is -0.462. The van der Waals surface area contributed by atoms with Gasteiger partial charge in [-0.25, -0.2) is 0 Å². The molecule has 0 aliphatic heterocycles. The SMILES string of the molecule is O=C(COc1ccccc1)NC(=S)NNC(=O)c1ccc(NC(=O)C2CC2)cc1. The Kier molecular flexibility index (Phi) is 6.75. The summed E-state index contributed by atoms with van der Waals surface area (Å²) >= 11 is 4.97. The first-order valence-corrected chi connectivity index (χ1v) is 9.41. The molecule has 150 valence electrons. The van der Waals surface area contributed by atoms with E-state index in [1.54, 1.807) is 48.5 Å². The predicted octanol–water partition coefficient (Wildman–Crippen LogP) is 1.75. The molecule has 3 amide bonds. The van der Waals surface area contributed by atoms with E-state index in [0.29, 0.717) is 17.0 Å². The number of hydrazine groups is 1. The molecule has 0 atom stereocenters. The van der Waals surface area contributed by atoms with Crippen LogP contribution in [0.2, 0.25) is 0 Å². The molecule has 29 heavy (non-hydrogen) atoms. The second-order valence-electron chi connectivity index (χ2n) is 6.40. The lowest BCUT2D eigenvalue weighted by Gasteiger charge is -2.11. The van der Waals surface area contributed by atoms with Crippen LogP contribution in [0.3, 0.4) is 0 Å². The maximum absolute atomic E-state index is 12.1. The lowest BCUT2D eigenvalue weighted by Crippen LogP contribution is -2.49. The summed E-state index contributed by atoms with van der Waals surface area (Å²) in [6.45, 7) is -0.214. The summed E-state index contributed by atoms with van der Waals surface area (Å²) < 4.78 is 5.30. The van der Waals surface area contributed by atoms with Gasteiger partial charge in [-0.2, -0.15) is 0 Å². The second-order valence-corrected chi connectivity index (χ2v) is 6.81. The van der Waals surface area contributed by atoms with Gasteiger partial charge in [-0.3, -0.25) is 30.6 Å². The van der Waals surface area contributed by atoms with Crippen molar-refractivity contribution in [1.29, 1.82) is 0 Å². The van der Waals surface area contributed by atoms with Crippen molar-refractivity contribution in [3.05, 3.63) is 60.2 Å². The van der Waals surface area contributed by atoms with Crippen LogP contribution in [0.5, 0.6) is 5.75 Å². The number of amides is 3. The molecule has 0 unspecified atom stereocenters. The first kappa shape index (κ1) is 20.3. The van der Waals surface area contributed by atoms with Crippen molar-refractivity contribution in [1.82, 2.24) is 16.2 Å². The third kappa shape index (κ3) is 6.58. The molecule has 0 saturated heterocycles. The van der Waals surface area contributed by atoms with Crippen molar-refractivity contribution < 1.29 is 19.1 Å². The van der Waals surface area contributed by atoms with Gasteiger partial charge in [0.05, 0.1) is 0 Å². The molecule has 2 aromatic rings. The van der Waals surface area contributed by atoms with Gasteiger partial charge in [0.15, 0.2) is 11.7 Å². The van der Waals surface area contributed by atoms with Crippen LogP contribution >= 0.6 is 12.2 Å². The molecule has 0 radical (unpaired) electrons. The van der Waals surface area contributed by atoms with Crippen LogP contribution in [0.4, 0.5) is 5.69 Å². The molecule has 0 heterocycles. The number of nitrogens with one attached hydrogen (secondary N) is 4.